The summed E-state index contributed by atoms with van der Waals surface area (Å²) in [6, 6.07) is 11.6. The van der Waals surface area contributed by atoms with E-state index in [-0.39, 0.29) is 35.3 Å². The first kappa shape index (κ1) is 78.6. The van der Waals surface area contributed by atoms with Crippen LogP contribution in [0.1, 0.15) is 216 Å². The zero-order valence-corrected chi connectivity index (χ0v) is 62.3. The van der Waals surface area contributed by atoms with Crippen molar-refractivity contribution in [2.45, 2.75) is 231 Å². The number of fused-ring (bicyclic) bond motifs is 3. The first-order valence-corrected chi connectivity index (χ1v) is 35.6. The third-order valence-corrected chi connectivity index (χ3v) is 18.0. The second kappa shape index (κ2) is 34.9. The standard InChI is InChI=1S/2C22H31N5O.C21H26F3N5O4S.C6H15B/c2*1-8-17-16(10-11-19(23-17)13(3)4)21-18(9-2)24-22-20(25-21)15(6)26-27(22)14(5)12-28-7;1-7-15-18(27-17-13(5)28-29(19(17)25-15)12(4)10-32-6)14-8-9-16(11(2)3)26-20(14)33-34(30,31)21(22,23)24;1-4-7(5-2)6-3/h2*10-11,13-14H,8-9,12H2,1-7H3;8-9,11-12H,7,10H2,1-6H3;4-6H2,1-3H3. The average Bonchev–Trinajstić information content (AvgIpc) is 1.71. The van der Waals surface area contributed by atoms with Gasteiger partial charge < -0.3 is 18.4 Å². The van der Waals surface area contributed by atoms with Gasteiger partial charge in [0.15, 0.2) is 16.9 Å². The van der Waals surface area contributed by atoms with Crippen LogP contribution in [0.5, 0.6) is 5.88 Å². The van der Waals surface area contributed by atoms with Crippen molar-refractivity contribution in [3.05, 3.63) is 99.0 Å². The second-order valence-corrected chi connectivity index (χ2v) is 27.0. The summed E-state index contributed by atoms with van der Waals surface area (Å²) in [5.74, 6) is -0.0840. The number of methoxy groups -OCH3 is 3. The zero-order chi connectivity index (χ0) is 72.0. The van der Waals surface area contributed by atoms with E-state index in [9.17, 15) is 21.6 Å². The minimum atomic E-state index is -5.95. The van der Waals surface area contributed by atoms with E-state index in [4.69, 9.17) is 54.3 Å². The summed E-state index contributed by atoms with van der Waals surface area (Å²) in [5.41, 5.74) is 12.3. The average molecular weight is 1360 g/mol. The Kier molecular flexibility index (Phi) is 28.3. The first-order valence-electron chi connectivity index (χ1n) is 34.2. The van der Waals surface area contributed by atoms with Gasteiger partial charge in [-0.25, -0.2) is 48.9 Å². The van der Waals surface area contributed by atoms with Gasteiger partial charge in [0, 0.05) is 60.9 Å². The third-order valence-electron chi connectivity index (χ3n) is 17.1. The van der Waals surface area contributed by atoms with Gasteiger partial charge in [-0.1, -0.05) is 116 Å². The van der Waals surface area contributed by atoms with E-state index in [2.05, 4.69) is 139 Å². The molecule has 0 bridgehead atoms. The van der Waals surface area contributed by atoms with E-state index in [1.807, 2.05) is 30.1 Å². The lowest BCUT2D eigenvalue weighted by molar-refractivity contribution is -0.0501. The number of hydrogen-bond acceptors (Lipinski definition) is 18. The number of aryl methyl sites for hydroxylation is 8. The lowest BCUT2D eigenvalue weighted by atomic mass is 9.44. The van der Waals surface area contributed by atoms with Gasteiger partial charge >= 0.3 is 15.6 Å². The van der Waals surface area contributed by atoms with Gasteiger partial charge in [-0.3, -0.25) is 9.97 Å². The van der Waals surface area contributed by atoms with Crippen molar-refractivity contribution >= 4 is 50.3 Å². The Labute approximate surface area is 572 Å². The van der Waals surface area contributed by atoms with Gasteiger partial charge in [-0.15, -0.1) is 0 Å². The highest BCUT2D eigenvalue weighted by Gasteiger charge is 2.49. The number of pyridine rings is 3. The molecule has 9 rings (SSSR count). The molecule has 0 saturated carbocycles. The predicted molar refractivity (Wildman–Crippen MR) is 382 cm³/mol. The zero-order valence-electron chi connectivity index (χ0n) is 61.5. The van der Waals surface area contributed by atoms with Crippen LogP contribution in [-0.2, 0) is 56.4 Å². The van der Waals surface area contributed by atoms with Crippen LogP contribution in [0.2, 0.25) is 19.0 Å². The molecule has 0 aliphatic rings. The second-order valence-electron chi connectivity index (χ2n) is 25.4. The molecule has 3 atom stereocenters. The number of alkyl halides is 3. The fraction of sp³-hybridized carbons (Fsp3) is 0.577. The number of nitrogens with zero attached hydrogens (tertiary/aromatic N) is 15. The summed E-state index contributed by atoms with van der Waals surface area (Å²) in [4.78, 5) is 43.2. The molecule has 3 unspecified atom stereocenters. The molecule has 97 heavy (non-hydrogen) atoms. The minimum absolute atomic E-state index is 0.0134. The third kappa shape index (κ3) is 18.3. The molecule has 0 spiro atoms. The predicted octanol–water partition coefficient (Wildman–Crippen LogP) is 16.2. The van der Waals surface area contributed by atoms with Crippen LogP contribution in [0.3, 0.4) is 0 Å². The fourth-order valence-electron chi connectivity index (χ4n) is 11.3. The van der Waals surface area contributed by atoms with Crippen LogP contribution in [0.4, 0.5) is 13.2 Å². The number of hydrogen-bond donors (Lipinski definition) is 0. The van der Waals surface area contributed by atoms with E-state index < -0.39 is 21.5 Å². The molecule has 0 aliphatic carbocycles. The summed E-state index contributed by atoms with van der Waals surface area (Å²) in [7, 11) is -0.969. The van der Waals surface area contributed by atoms with E-state index in [1.54, 1.807) is 59.8 Å². The molecule has 0 fully saturated rings. The van der Waals surface area contributed by atoms with Crippen LogP contribution in [0.25, 0.3) is 67.3 Å². The van der Waals surface area contributed by atoms with Crippen molar-refractivity contribution in [3.8, 4) is 39.7 Å². The highest BCUT2D eigenvalue weighted by molar-refractivity contribution is 7.88. The van der Waals surface area contributed by atoms with Crippen LogP contribution in [-0.4, -0.2) is 136 Å². The molecule has 26 heteroatoms. The molecule has 21 nitrogen and oxygen atoms in total. The summed E-state index contributed by atoms with van der Waals surface area (Å²) >= 11 is 0. The molecule has 9 aromatic rings. The number of aromatic nitrogens is 15. The Morgan fingerprint density at radius 1 is 0.423 bits per heavy atom. The smallest absolute Gasteiger partial charge is 0.382 e. The topological polar surface area (TPSA) is 241 Å². The van der Waals surface area contributed by atoms with Gasteiger partial charge in [0.05, 0.1) is 94.8 Å². The van der Waals surface area contributed by atoms with Crippen molar-refractivity contribution in [1.29, 1.82) is 0 Å². The van der Waals surface area contributed by atoms with Gasteiger partial charge in [0.25, 0.3) is 0 Å². The molecule has 0 amide bonds. The molecule has 528 valence electrons. The van der Waals surface area contributed by atoms with Gasteiger partial charge in [0.2, 0.25) is 5.88 Å². The van der Waals surface area contributed by atoms with Crippen molar-refractivity contribution < 1.29 is 40.0 Å². The molecule has 0 N–H and O–H groups in total. The van der Waals surface area contributed by atoms with Gasteiger partial charge in [0.1, 0.15) is 23.3 Å². The Balaban J connectivity index is 0.000000220. The monoisotopic (exact) mass is 1360 g/mol. The number of halogens is 3. The van der Waals surface area contributed by atoms with Crippen LogP contribution < -0.4 is 4.18 Å². The van der Waals surface area contributed by atoms with Gasteiger partial charge in [-0.05, 0) is 128 Å². The molecule has 0 aromatic carbocycles. The fourth-order valence-corrected chi connectivity index (χ4v) is 11.7. The quantitative estimate of drug-likeness (QED) is 0.0293. The van der Waals surface area contributed by atoms with Crippen molar-refractivity contribution in [2.75, 3.05) is 41.2 Å². The van der Waals surface area contributed by atoms with Crippen molar-refractivity contribution in [2.24, 2.45) is 0 Å². The highest BCUT2D eigenvalue weighted by atomic mass is 32.2. The molecule has 0 saturated heterocycles. The maximum atomic E-state index is 13.1. The van der Waals surface area contributed by atoms with E-state index >= 15 is 0 Å². The van der Waals surface area contributed by atoms with Crippen LogP contribution >= 0.6 is 0 Å². The van der Waals surface area contributed by atoms with E-state index in [0.29, 0.717) is 66.3 Å². The Morgan fingerprint density at radius 3 is 0.969 bits per heavy atom. The maximum Gasteiger partial charge on any atom is 0.534 e. The first-order chi connectivity index (χ1) is 46.0. The molecule has 9 aromatic heterocycles. The normalized spacial score (nSPS) is 12.8. The minimum Gasteiger partial charge on any atom is -0.382 e. The van der Waals surface area contributed by atoms with E-state index in [0.717, 1.165) is 123 Å². The molecule has 0 aliphatic heterocycles. The molecular weight excluding hydrogens is 1260 g/mol. The highest BCUT2D eigenvalue weighted by Crippen LogP contribution is 2.38. The lowest BCUT2D eigenvalue weighted by Gasteiger charge is -2.16. The lowest BCUT2D eigenvalue weighted by Crippen LogP contribution is -2.28. The van der Waals surface area contributed by atoms with E-state index in [1.165, 1.54) is 25.0 Å². The summed E-state index contributed by atoms with van der Waals surface area (Å²) < 4.78 is 88.7. The van der Waals surface area contributed by atoms with Crippen LogP contribution in [0.15, 0.2) is 36.4 Å². The van der Waals surface area contributed by atoms with Crippen molar-refractivity contribution in [1.82, 2.24) is 74.2 Å². The van der Waals surface area contributed by atoms with Gasteiger partial charge in [-0.2, -0.15) is 36.9 Å². The molecule has 9 heterocycles. The number of ether oxygens (including phenoxy) is 3. The summed E-state index contributed by atoms with van der Waals surface area (Å²) in [6.07, 6.45) is 7.75. The Hall–Kier alpha value is -7.42. The summed E-state index contributed by atoms with van der Waals surface area (Å²) in [6.45, 7) is 43.6. The van der Waals surface area contributed by atoms with Crippen LogP contribution in [0, 0.1) is 20.8 Å². The SMILES string of the molecule is CCB(CC)CC.CCc1nc(C(C)C)ccc1-c1nc2c(C)nn(C(C)COC)c2nc1CC.CCc1nc(C(C)C)ccc1-c1nc2c(C)nn(C(C)COC)c2nc1CC.CCc1nc2c(nc1-c1ccc(C(C)C)nc1OS(=O)(=O)C(F)(F)F)c(C)nn2C(C)COC. The number of rotatable bonds is 25. The Morgan fingerprint density at radius 2 is 0.711 bits per heavy atom. The molecular formula is C71H103BF3N15O6S. The largest absolute Gasteiger partial charge is 0.534 e. The Bertz CT molecular complexity index is 4040. The molecule has 0 radical (unpaired) electrons. The maximum absolute atomic E-state index is 13.1. The van der Waals surface area contributed by atoms with Crippen molar-refractivity contribution in [3.63, 3.8) is 0 Å². The summed E-state index contributed by atoms with van der Waals surface area (Å²) in [5, 5.41) is 13.9.